The van der Waals surface area contributed by atoms with Gasteiger partial charge in [-0.25, -0.2) is 4.79 Å². The lowest BCUT2D eigenvalue weighted by Crippen LogP contribution is -2.31. The van der Waals surface area contributed by atoms with Gasteiger partial charge in [0, 0.05) is 6.21 Å². The summed E-state index contributed by atoms with van der Waals surface area (Å²) in [6.45, 7) is 3.39. The first-order chi connectivity index (χ1) is 8.76. The summed E-state index contributed by atoms with van der Waals surface area (Å²) in [5.41, 5.74) is -1.98. The molecule has 0 spiro atoms. The second kappa shape index (κ2) is 4.36. The normalized spacial score (nSPS) is 21.6. The summed E-state index contributed by atoms with van der Waals surface area (Å²) in [4.78, 5) is 14.9. The predicted octanol–water partition coefficient (Wildman–Crippen LogP) is 3.09. The summed E-state index contributed by atoms with van der Waals surface area (Å²) in [6.07, 6.45) is -3.87. The Morgan fingerprint density at radius 1 is 1.26 bits per heavy atom. The monoisotopic (exact) mass is 271 g/mol. The average molecular weight is 271 g/mol. The molecular formula is C13H12F3NO2. The van der Waals surface area contributed by atoms with E-state index in [1.54, 1.807) is 13.8 Å². The van der Waals surface area contributed by atoms with Crippen molar-refractivity contribution in [3.63, 3.8) is 0 Å². The van der Waals surface area contributed by atoms with Crippen LogP contribution >= 0.6 is 0 Å². The molecule has 6 heteroatoms. The first-order valence-electron chi connectivity index (χ1n) is 5.71. The Hall–Kier alpha value is -1.85. The van der Waals surface area contributed by atoms with Crippen molar-refractivity contribution in [3.05, 3.63) is 35.4 Å². The minimum atomic E-state index is -4.45. The molecule has 0 amide bonds. The Balaban J connectivity index is 2.18. The molecule has 1 heterocycles. The number of carbonyl (C=O) groups is 1. The van der Waals surface area contributed by atoms with E-state index in [0.29, 0.717) is 0 Å². The Morgan fingerprint density at radius 3 is 2.16 bits per heavy atom. The largest absolute Gasteiger partial charge is 0.459 e. The van der Waals surface area contributed by atoms with Crippen LogP contribution in [0.2, 0.25) is 0 Å². The molecular weight excluding hydrogens is 259 g/mol. The lowest BCUT2D eigenvalue weighted by atomic mass is 9.96. The zero-order valence-electron chi connectivity index (χ0n) is 10.4. The summed E-state index contributed by atoms with van der Waals surface area (Å²) in [6, 6.07) is 5.12. The molecule has 1 aromatic rings. The molecule has 0 N–H and O–H groups in total. The number of hydrogen-bond acceptors (Lipinski definition) is 3. The van der Waals surface area contributed by atoms with Crippen LogP contribution in [0.15, 0.2) is 29.3 Å². The maximum atomic E-state index is 12.8. The molecule has 0 bridgehead atoms. The Bertz CT molecular complexity index is 512. The van der Waals surface area contributed by atoms with Gasteiger partial charge in [-0.2, -0.15) is 13.2 Å². The highest BCUT2D eigenvalue weighted by Crippen LogP contribution is 2.47. The molecule has 2 rings (SSSR count). The van der Waals surface area contributed by atoms with Crippen LogP contribution in [0.5, 0.6) is 0 Å². The Morgan fingerprint density at radius 2 is 1.79 bits per heavy atom. The van der Waals surface area contributed by atoms with E-state index >= 15 is 0 Å². The van der Waals surface area contributed by atoms with E-state index in [-0.39, 0.29) is 17.2 Å². The fraction of sp³-hybridized carbons (Fsp3) is 0.385. The SMILES string of the molecule is CC(C)OC(=O)c1ccc(C2(C(F)(F)F)C=N2)cc1. The molecule has 19 heavy (non-hydrogen) atoms. The highest BCUT2D eigenvalue weighted by atomic mass is 19.4. The zero-order chi connectivity index (χ0) is 14.3. The molecule has 3 nitrogen and oxygen atoms in total. The van der Waals surface area contributed by atoms with E-state index in [9.17, 15) is 18.0 Å². The summed E-state index contributed by atoms with van der Waals surface area (Å²) in [7, 11) is 0. The van der Waals surface area contributed by atoms with Gasteiger partial charge in [0.2, 0.25) is 5.54 Å². The quantitative estimate of drug-likeness (QED) is 0.792. The van der Waals surface area contributed by atoms with E-state index < -0.39 is 17.7 Å². The van der Waals surface area contributed by atoms with Crippen molar-refractivity contribution in [2.24, 2.45) is 4.99 Å². The van der Waals surface area contributed by atoms with Crippen molar-refractivity contribution in [2.45, 2.75) is 31.7 Å². The molecule has 0 aliphatic carbocycles. The van der Waals surface area contributed by atoms with Crippen LogP contribution in [0.4, 0.5) is 13.2 Å². The van der Waals surface area contributed by atoms with E-state index in [2.05, 4.69) is 4.99 Å². The van der Waals surface area contributed by atoms with Gasteiger partial charge in [0.1, 0.15) is 0 Å². The van der Waals surface area contributed by atoms with Crippen LogP contribution in [0, 0.1) is 0 Å². The van der Waals surface area contributed by atoms with E-state index in [4.69, 9.17) is 4.74 Å². The number of rotatable bonds is 3. The fourth-order valence-corrected chi connectivity index (χ4v) is 1.67. The maximum absolute atomic E-state index is 12.8. The third kappa shape index (κ3) is 2.47. The topological polar surface area (TPSA) is 38.7 Å². The Kier molecular flexibility index (Phi) is 3.12. The first-order valence-corrected chi connectivity index (χ1v) is 5.71. The molecule has 1 aromatic carbocycles. The van der Waals surface area contributed by atoms with Crippen LogP contribution in [0.3, 0.4) is 0 Å². The Labute approximate surface area is 108 Å². The lowest BCUT2D eigenvalue weighted by Gasteiger charge is -2.17. The summed E-state index contributed by atoms with van der Waals surface area (Å²) in [5.74, 6) is -0.556. The molecule has 0 aromatic heterocycles. The fourth-order valence-electron chi connectivity index (χ4n) is 1.67. The minimum Gasteiger partial charge on any atom is -0.459 e. The van der Waals surface area contributed by atoms with Gasteiger partial charge in [-0.3, -0.25) is 4.99 Å². The van der Waals surface area contributed by atoms with Crippen LogP contribution in [0.25, 0.3) is 0 Å². The molecule has 0 fully saturated rings. The number of aliphatic imine (C=N–C) groups is 1. The van der Waals surface area contributed by atoms with Gasteiger partial charge in [-0.05, 0) is 31.5 Å². The number of halogens is 3. The van der Waals surface area contributed by atoms with Crippen molar-refractivity contribution in [1.29, 1.82) is 0 Å². The van der Waals surface area contributed by atoms with Crippen LogP contribution < -0.4 is 0 Å². The first kappa shape index (κ1) is 13.6. The number of nitrogens with zero attached hydrogens (tertiary/aromatic N) is 1. The van der Waals surface area contributed by atoms with Crippen LogP contribution in [-0.2, 0) is 10.3 Å². The van der Waals surface area contributed by atoms with Gasteiger partial charge < -0.3 is 4.74 Å². The summed E-state index contributed by atoms with van der Waals surface area (Å²) >= 11 is 0. The average Bonchev–Trinajstić information content (AvgIpc) is 3.08. The van der Waals surface area contributed by atoms with Gasteiger partial charge in [0.15, 0.2) is 0 Å². The van der Waals surface area contributed by atoms with Crippen molar-refractivity contribution in [3.8, 4) is 0 Å². The second-order valence-corrected chi connectivity index (χ2v) is 4.55. The maximum Gasteiger partial charge on any atom is 0.422 e. The van der Waals surface area contributed by atoms with Crippen molar-refractivity contribution in [1.82, 2.24) is 0 Å². The number of ether oxygens (including phenoxy) is 1. The molecule has 0 saturated heterocycles. The number of carbonyl (C=O) groups excluding carboxylic acids is 1. The summed E-state index contributed by atoms with van der Waals surface area (Å²) < 4.78 is 43.3. The van der Waals surface area contributed by atoms with Gasteiger partial charge in [-0.15, -0.1) is 0 Å². The molecule has 0 saturated carbocycles. The van der Waals surface area contributed by atoms with Gasteiger partial charge in [0.05, 0.1) is 11.7 Å². The number of alkyl halides is 3. The second-order valence-electron chi connectivity index (χ2n) is 4.55. The standard InChI is InChI=1S/C13H12F3NO2/c1-8(2)19-11(18)9-3-5-10(6-4-9)12(7-17-12)13(14,15)16/h3-8H,1-2H3. The van der Waals surface area contributed by atoms with Crippen LogP contribution in [0.1, 0.15) is 29.8 Å². The highest BCUT2D eigenvalue weighted by Gasteiger charge is 2.61. The molecule has 1 unspecified atom stereocenters. The van der Waals surface area contributed by atoms with E-state index in [0.717, 1.165) is 6.21 Å². The highest BCUT2D eigenvalue weighted by molar-refractivity contribution is 5.91. The van der Waals surface area contributed by atoms with Crippen LogP contribution in [-0.4, -0.2) is 24.5 Å². The zero-order valence-corrected chi connectivity index (χ0v) is 10.4. The molecule has 1 atom stereocenters. The third-order valence-corrected chi connectivity index (χ3v) is 2.72. The van der Waals surface area contributed by atoms with Crippen molar-refractivity contribution in [2.75, 3.05) is 0 Å². The van der Waals surface area contributed by atoms with E-state index in [1.807, 2.05) is 0 Å². The molecule has 1 aliphatic rings. The molecule has 0 radical (unpaired) electrons. The minimum absolute atomic E-state index is 0.00102. The number of esters is 1. The van der Waals surface area contributed by atoms with Gasteiger partial charge >= 0.3 is 12.1 Å². The van der Waals surface area contributed by atoms with E-state index in [1.165, 1.54) is 24.3 Å². The summed E-state index contributed by atoms with van der Waals surface area (Å²) in [5, 5.41) is 0. The molecule has 1 aliphatic heterocycles. The third-order valence-electron chi connectivity index (χ3n) is 2.72. The number of hydrogen-bond donors (Lipinski definition) is 0. The smallest absolute Gasteiger partial charge is 0.422 e. The lowest BCUT2D eigenvalue weighted by molar-refractivity contribution is -0.156. The number of benzene rings is 1. The molecule has 102 valence electrons. The predicted molar refractivity (Wildman–Crippen MR) is 63.2 cm³/mol. The van der Waals surface area contributed by atoms with Crippen molar-refractivity contribution < 1.29 is 22.7 Å². The van der Waals surface area contributed by atoms with Gasteiger partial charge in [0.25, 0.3) is 0 Å². The van der Waals surface area contributed by atoms with Gasteiger partial charge in [-0.1, -0.05) is 12.1 Å². The van der Waals surface area contributed by atoms with Crippen molar-refractivity contribution >= 4 is 12.2 Å².